The molecule has 0 heterocycles. The number of rotatable bonds is 8. The molecule has 4 rings (SSSR count). The number of thiocarbonyl (C=S) groups is 1. The third-order valence-electron chi connectivity index (χ3n) is 6.26. The van der Waals surface area contributed by atoms with Crippen LogP contribution < -0.4 is 20.7 Å². The van der Waals surface area contributed by atoms with Gasteiger partial charge in [0.2, 0.25) is 0 Å². The minimum Gasteiger partial charge on any atom is -0.492 e. The van der Waals surface area contributed by atoms with E-state index in [2.05, 4.69) is 31.9 Å². The van der Waals surface area contributed by atoms with E-state index in [1.165, 1.54) is 6.42 Å². The number of nitrogens with one attached hydrogen (secondary N) is 3. The molecule has 1 aliphatic carbocycles. The first-order chi connectivity index (χ1) is 18.0. The lowest BCUT2D eigenvalue weighted by atomic mass is 9.95. The third kappa shape index (κ3) is 7.87. The summed E-state index contributed by atoms with van der Waals surface area (Å²) in [7, 11) is 0. The van der Waals surface area contributed by atoms with Crippen LogP contribution in [0.2, 0.25) is 0 Å². The molecule has 3 aromatic carbocycles. The van der Waals surface area contributed by atoms with Gasteiger partial charge in [-0.05, 0) is 61.0 Å². The lowest BCUT2D eigenvalue weighted by Crippen LogP contribution is -2.38. The molecule has 0 bridgehead atoms. The summed E-state index contributed by atoms with van der Waals surface area (Å²) in [5.41, 5.74) is 2.53. The molecule has 2 amide bonds. The van der Waals surface area contributed by atoms with Gasteiger partial charge >= 0.3 is 0 Å². The normalized spacial score (nSPS) is 13.4. The SMILES string of the molecule is O=C(NC1CCCCC1)c1ccccc1NC(=S)NC(=O)c1cc(Br)ccc1OCCc1ccccc1. The van der Waals surface area contributed by atoms with Crippen molar-refractivity contribution in [3.63, 3.8) is 0 Å². The van der Waals surface area contributed by atoms with Crippen LogP contribution in [0, 0.1) is 0 Å². The Labute approximate surface area is 231 Å². The van der Waals surface area contributed by atoms with E-state index in [0.717, 1.165) is 42.1 Å². The molecule has 0 saturated heterocycles. The van der Waals surface area contributed by atoms with Crippen LogP contribution in [-0.2, 0) is 6.42 Å². The van der Waals surface area contributed by atoms with Crippen molar-refractivity contribution in [2.75, 3.05) is 11.9 Å². The quantitative estimate of drug-likeness (QED) is 0.274. The molecule has 3 aromatic rings. The van der Waals surface area contributed by atoms with Gasteiger partial charge in [-0.15, -0.1) is 0 Å². The number of carbonyl (C=O) groups excluding carboxylic acids is 2. The topological polar surface area (TPSA) is 79.5 Å². The fourth-order valence-electron chi connectivity index (χ4n) is 4.35. The molecule has 3 N–H and O–H groups in total. The average molecular weight is 581 g/mol. The summed E-state index contributed by atoms with van der Waals surface area (Å²) >= 11 is 8.85. The first kappa shape index (κ1) is 26.8. The highest BCUT2D eigenvalue weighted by Gasteiger charge is 2.20. The molecule has 0 aliphatic heterocycles. The van der Waals surface area contributed by atoms with Crippen molar-refractivity contribution < 1.29 is 14.3 Å². The van der Waals surface area contributed by atoms with Crippen molar-refractivity contribution in [1.29, 1.82) is 0 Å². The van der Waals surface area contributed by atoms with Gasteiger partial charge in [-0.25, -0.2) is 0 Å². The number of carbonyl (C=O) groups is 2. The van der Waals surface area contributed by atoms with E-state index in [1.54, 1.807) is 24.3 Å². The second-order valence-electron chi connectivity index (χ2n) is 8.99. The number of amides is 2. The van der Waals surface area contributed by atoms with Gasteiger partial charge in [-0.3, -0.25) is 14.9 Å². The Morgan fingerprint density at radius 2 is 1.62 bits per heavy atom. The summed E-state index contributed by atoms with van der Waals surface area (Å²) in [4.78, 5) is 26.1. The highest BCUT2D eigenvalue weighted by Crippen LogP contribution is 2.24. The summed E-state index contributed by atoms with van der Waals surface area (Å²) < 4.78 is 6.69. The molecule has 0 spiro atoms. The van der Waals surface area contributed by atoms with E-state index in [-0.39, 0.29) is 17.1 Å². The van der Waals surface area contributed by atoms with E-state index in [1.807, 2.05) is 48.5 Å². The van der Waals surface area contributed by atoms with Crippen LogP contribution in [0.4, 0.5) is 5.69 Å². The molecule has 1 aliphatic rings. The van der Waals surface area contributed by atoms with Crippen molar-refractivity contribution >= 4 is 50.8 Å². The Bertz CT molecular complexity index is 1250. The Balaban J connectivity index is 1.38. The fraction of sp³-hybridized carbons (Fsp3) is 0.276. The van der Waals surface area contributed by atoms with Crippen LogP contribution in [0.1, 0.15) is 58.4 Å². The van der Waals surface area contributed by atoms with Gasteiger partial charge in [0.05, 0.1) is 23.4 Å². The number of hydrogen-bond donors (Lipinski definition) is 3. The first-order valence-electron chi connectivity index (χ1n) is 12.5. The zero-order chi connectivity index (χ0) is 26.0. The van der Waals surface area contributed by atoms with Gasteiger partial charge in [0.15, 0.2) is 5.11 Å². The Hall–Kier alpha value is -3.23. The lowest BCUT2D eigenvalue weighted by molar-refractivity contribution is 0.0927. The number of para-hydroxylation sites is 1. The van der Waals surface area contributed by atoms with E-state index in [0.29, 0.717) is 29.2 Å². The van der Waals surface area contributed by atoms with Crippen LogP contribution in [0.3, 0.4) is 0 Å². The van der Waals surface area contributed by atoms with Crippen LogP contribution in [-0.4, -0.2) is 29.6 Å². The number of anilines is 1. The Kier molecular flexibility index (Phi) is 9.68. The van der Waals surface area contributed by atoms with Gasteiger partial charge in [0.25, 0.3) is 11.8 Å². The smallest absolute Gasteiger partial charge is 0.261 e. The second-order valence-corrected chi connectivity index (χ2v) is 10.3. The van der Waals surface area contributed by atoms with Gasteiger partial charge in [-0.2, -0.15) is 0 Å². The summed E-state index contributed by atoms with van der Waals surface area (Å²) in [5.74, 6) is -0.0884. The van der Waals surface area contributed by atoms with Gasteiger partial charge in [0, 0.05) is 16.9 Å². The Morgan fingerprint density at radius 3 is 2.41 bits per heavy atom. The zero-order valence-electron chi connectivity index (χ0n) is 20.5. The predicted molar refractivity (Wildman–Crippen MR) is 154 cm³/mol. The highest BCUT2D eigenvalue weighted by molar-refractivity contribution is 9.10. The summed E-state index contributed by atoms with van der Waals surface area (Å²) in [6.07, 6.45) is 6.20. The van der Waals surface area contributed by atoms with E-state index < -0.39 is 5.91 Å². The minimum absolute atomic E-state index is 0.0955. The van der Waals surface area contributed by atoms with Gasteiger partial charge < -0.3 is 15.4 Å². The predicted octanol–water partition coefficient (Wildman–Crippen LogP) is 6.26. The van der Waals surface area contributed by atoms with Crippen LogP contribution in [0.25, 0.3) is 0 Å². The maximum absolute atomic E-state index is 13.1. The zero-order valence-corrected chi connectivity index (χ0v) is 22.9. The van der Waals surface area contributed by atoms with E-state index in [9.17, 15) is 9.59 Å². The molecule has 0 unspecified atom stereocenters. The number of hydrogen-bond acceptors (Lipinski definition) is 4. The molecule has 8 heteroatoms. The van der Waals surface area contributed by atoms with E-state index >= 15 is 0 Å². The minimum atomic E-state index is -0.405. The standard InChI is InChI=1S/C29H30BrN3O3S/c30-21-15-16-26(36-18-17-20-9-3-1-4-10-20)24(19-21)28(35)33-29(37)32-25-14-8-7-13-23(25)27(34)31-22-11-5-2-6-12-22/h1,3-4,7-10,13-16,19,22H,2,5-6,11-12,17-18H2,(H,31,34)(H2,32,33,35,37). The van der Waals surface area contributed by atoms with Crippen molar-refractivity contribution in [2.24, 2.45) is 0 Å². The maximum atomic E-state index is 13.1. The van der Waals surface area contributed by atoms with Crippen molar-refractivity contribution in [3.05, 3.63) is 94.0 Å². The molecule has 192 valence electrons. The molecule has 6 nitrogen and oxygen atoms in total. The fourth-order valence-corrected chi connectivity index (χ4v) is 4.92. The lowest BCUT2D eigenvalue weighted by Gasteiger charge is -2.23. The first-order valence-corrected chi connectivity index (χ1v) is 13.7. The molecule has 0 aromatic heterocycles. The van der Waals surface area contributed by atoms with Crippen LogP contribution in [0.15, 0.2) is 77.3 Å². The average Bonchev–Trinajstić information content (AvgIpc) is 2.91. The summed E-state index contributed by atoms with van der Waals surface area (Å²) in [6, 6.07) is 22.6. The Morgan fingerprint density at radius 1 is 0.892 bits per heavy atom. The molecule has 0 radical (unpaired) electrons. The number of ether oxygens (including phenoxy) is 1. The van der Waals surface area contributed by atoms with Crippen molar-refractivity contribution in [2.45, 2.75) is 44.6 Å². The van der Waals surface area contributed by atoms with Gasteiger partial charge in [0.1, 0.15) is 5.75 Å². The number of benzene rings is 3. The van der Waals surface area contributed by atoms with Gasteiger partial charge in [-0.1, -0.05) is 77.7 Å². The number of halogens is 1. The second kappa shape index (κ2) is 13.4. The molecule has 1 saturated carbocycles. The van der Waals surface area contributed by atoms with Crippen molar-refractivity contribution in [3.8, 4) is 5.75 Å². The monoisotopic (exact) mass is 579 g/mol. The molecule has 0 atom stereocenters. The van der Waals surface area contributed by atoms with Crippen molar-refractivity contribution in [1.82, 2.24) is 10.6 Å². The maximum Gasteiger partial charge on any atom is 0.261 e. The van der Waals surface area contributed by atoms with Crippen LogP contribution in [0.5, 0.6) is 5.75 Å². The van der Waals surface area contributed by atoms with Crippen LogP contribution >= 0.6 is 28.1 Å². The molecule has 1 fully saturated rings. The molecular weight excluding hydrogens is 550 g/mol. The molecular formula is C29H30BrN3O3S. The third-order valence-corrected chi connectivity index (χ3v) is 6.96. The molecule has 37 heavy (non-hydrogen) atoms. The largest absolute Gasteiger partial charge is 0.492 e. The summed E-state index contributed by atoms with van der Waals surface area (Å²) in [6.45, 7) is 0.429. The van der Waals surface area contributed by atoms with E-state index in [4.69, 9.17) is 17.0 Å². The summed E-state index contributed by atoms with van der Waals surface area (Å²) in [5, 5.41) is 8.96. The highest BCUT2D eigenvalue weighted by atomic mass is 79.9.